The Morgan fingerprint density at radius 2 is 2.06 bits per heavy atom. The number of hydrogen-bond acceptors (Lipinski definition) is 6. The Bertz CT molecular complexity index is 820. The minimum atomic E-state index is -4.44. The number of pyridine rings is 1. The number of aromatic nitrogens is 1. The Labute approximate surface area is 200 Å². The van der Waals surface area contributed by atoms with Crippen molar-refractivity contribution in [2.24, 2.45) is 5.92 Å². The Kier molecular flexibility index (Phi) is 9.34. The van der Waals surface area contributed by atoms with E-state index in [0.29, 0.717) is 37.1 Å². The number of carbonyl (C=O) groups excluding carboxylic acids is 1. The van der Waals surface area contributed by atoms with Gasteiger partial charge in [0.05, 0.1) is 12.2 Å². The lowest BCUT2D eigenvalue weighted by Gasteiger charge is -2.41. The molecule has 6 nitrogen and oxygen atoms in total. The van der Waals surface area contributed by atoms with E-state index < -0.39 is 18.0 Å². The van der Waals surface area contributed by atoms with Crippen molar-refractivity contribution in [3.05, 3.63) is 29.1 Å². The zero-order valence-electron chi connectivity index (χ0n) is 20.4. The highest BCUT2D eigenvalue weighted by molar-refractivity contribution is 5.75. The second kappa shape index (κ2) is 11.8. The van der Waals surface area contributed by atoms with E-state index in [-0.39, 0.29) is 36.6 Å². The number of ether oxygens (including phenoxy) is 1. The van der Waals surface area contributed by atoms with Crippen molar-refractivity contribution in [1.29, 1.82) is 0 Å². The van der Waals surface area contributed by atoms with E-state index in [1.807, 2.05) is 11.8 Å². The van der Waals surface area contributed by atoms with Crippen LogP contribution in [-0.2, 0) is 28.7 Å². The van der Waals surface area contributed by atoms with E-state index in [2.05, 4.69) is 17.2 Å². The molecule has 2 heterocycles. The van der Waals surface area contributed by atoms with Gasteiger partial charge in [-0.05, 0) is 50.7 Å². The van der Waals surface area contributed by atoms with Crippen LogP contribution in [0.1, 0.15) is 82.5 Å². The SMILES string of the molecule is CCCC(N[C@@H]1CC[C@H](C(O)N2Cc3cc(C(F)(F)F)cnc3CC2CCC)C1)C(=O)OCC. The highest BCUT2D eigenvalue weighted by Crippen LogP contribution is 2.36. The molecule has 1 fully saturated rings. The Hall–Kier alpha value is -1.71. The zero-order valence-corrected chi connectivity index (χ0v) is 20.4. The summed E-state index contributed by atoms with van der Waals surface area (Å²) in [5.74, 6) is -0.251. The standard InChI is InChI=1S/C25H38F3N3O3/c1-4-7-20-13-22-17(11-18(14-29-22)25(26,27)28)15-31(20)23(32)16-9-10-19(12-16)30-21(8-5-2)24(33)34-6-3/h11,14,16,19-21,23,30,32H,4-10,12-13,15H2,1-3H3/t16-,19+,20?,21?,23?/m0/s1. The largest absolute Gasteiger partial charge is 0.465 e. The smallest absolute Gasteiger partial charge is 0.417 e. The number of carbonyl (C=O) groups is 1. The van der Waals surface area contributed by atoms with Crippen LogP contribution >= 0.6 is 0 Å². The molecule has 1 aliphatic carbocycles. The third kappa shape index (κ3) is 6.49. The summed E-state index contributed by atoms with van der Waals surface area (Å²) in [6.45, 7) is 6.48. The van der Waals surface area contributed by atoms with E-state index in [0.717, 1.165) is 38.3 Å². The van der Waals surface area contributed by atoms with Gasteiger partial charge < -0.3 is 15.2 Å². The number of hydrogen-bond donors (Lipinski definition) is 2. The monoisotopic (exact) mass is 485 g/mol. The van der Waals surface area contributed by atoms with Crippen molar-refractivity contribution in [3.8, 4) is 0 Å². The Balaban J connectivity index is 1.70. The first-order valence-electron chi connectivity index (χ1n) is 12.6. The van der Waals surface area contributed by atoms with Gasteiger partial charge in [0.25, 0.3) is 0 Å². The third-order valence-corrected chi connectivity index (χ3v) is 7.08. The van der Waals surface area contributed by atoms with E-state index in [9.17, 15) is 23.1 Å². The summed E-state index contributed by atoms with van der Waals surface area (Å²) in [7, 11) is 0. The van der Waals surface area contributed by atoms with Gasteiger partial charge in [0.15, 0.2) is 0 Å². The molecule has 0 aromatic carbocycles. The van der Waals surface area contributed by atoms with Crippen LogP contribution in [0.2, 0.25) is 0 Å². The molecule has 0 saturated heterocycles. The van der Waals surface area contributed by atoms with E-state index in [1.54, 1.807) is 6.92 Å². The van der Waals surface area contributed by atoms with Gasteiger partial charge in [-0.3, -0.25) is 14.7 Å². The molecule has 1 saturated carbocycles. The number of esters is 1. The molecule has 192 valence electrons. The molecule has 3 rings (SSSR count). The second-order valence-electron chi connectivity index (χ2n) is 9.59. The molecule has 34 heavy (non-hydrogen) atoms. The predicted molar refractivity (Wildman–Crippen MR) is 123 cm³/mol. The molecule has 2 N–H and O–H groups in total. The number of aliphatic hydroxyl groups excluding tert-OH is 1. The number of halogens is 3. The lowest BCUT2D eigenvalue weighted by atomic mass is 9.92. The maximum Gasteiger partial charge on any atom is 0.417 e. The maximum absolute atomic E-state index is 13.2. The van der Waals surface area contributed by atoms with Crippen LogP contribution in [0.5, 0.6) is 0 Å². The van der Waals surface area contributed by atoms with E-state index in [4.69, 9.17) is 4.74 Å². The topological polar surface area (TPSA) is 74.7 Å². The van der Waals surface area contributed by atoms with Crippen molar-refractivity contribution < 1.29 is 27.8 Å². The maximum atomic E-state index is 13.2. The zero-order chi connectivity index (χ0) is 24.9. The summed E-state index contributed by atoms with van der Waals surface area (Å²) in [6, 6.07) is 0.960. The van der Waals surface area contributed by atoms with Gasteiger partial charge >= 0.3 is 12.1 Å². The minimum Gasteiger partial charge on any atom is -0.465 e. The lowest BCUT2D eigenvalue weighted by molar-refractivity contribution is -0.146. The summed E-state index contributed by atoms with van der Waals surface area (Å²) < 4.78 is 44.9. The molecule has 1 aromatic rings. The summed E-state index contributed by atoms with van der Waals surface area (Å²) >= 11 is 0. The molecule has 1 aliphatic heterocycles. The van der Waals surface area contributed by atoms with Crippen LogP contribution in [0.4, 0.5) is 13.2 Å². The van der Waals surface area contributed by atoms with Crippen LogP contribution in [0.15, 0.2) is 12.3 Å². The number of nitrogens with one attached hydrogen (secondary N) is 1. The first-order chi connectivity index (χ1) is 16.2. The van der Waals surface area contributed by atoms with Gasteiger partial charge in [-0.25, -0.2) is 0 Å². The molecular formula is C25H38F3N3O3. The number of rotatable bonds is 10. The molecule has 9 heteroatoms. The van der Waals surface area contributed by atoms with Crippen molar-refractivity contribution in [2.75, 3.05) is 6.61 Å². The Morgan fingerprint density at radius 1 is 1.29 bits per heavy atom. The highest BCUT2D eigenvalue weighted by atomic mass is 19.4. The van der Waals surface area contributed by atoms with Crippen molar-refractivity contribution in [1.82, 2.24) is 15.2 Å². The molecule has 3 unspecified atom stereocenters. The molecule has 0 amide bonds. The number of aliphatic hydroxyl groups is 1. The van der Waals surface area contributed by atoms with Gasteiger partial charge in [0.2, 0.25) is 0 Å². The molecule has 2 aliphatic rings. The summed E-state index contributed by atoms with van der Waals surface area (Å²) in [6.07, 6.45) is 1.91. The molecule has 0 spiro atoms. The van der Waals surface area contributed by atoms with Crippen molar-refractivity contribution in [2.45, 2.75) is 109 Å². The van der Waals surface area contributed by atoms with Crippen molar-refractivity contribution in [3.63, 3.8) is 0 Å². The average molecular weight is 486 g/mol. The van der Waals surface area contributed by atoms with Gasteiger partial charge in [-0.1, -0.05) is 26.7 Å². The molecule has 1 aromatic heterocycles. The van der Waals surface area contributed by atoms with Crippen LogP contribution in [0.25, 0.3) is 0 Å². The van der Waals surface area contributed by atoms with Gasteiger partial charge in [0.1, 0.15) is 12.3 Å². The predicted octanol–water partition coefficient (Wildman–Crippen LogP) is 4.44. The second-order valence-corrected chi connectivity index (χ2v) is 9.59. The third-order valence-electron chi connectivity index (χ3n) is 7.08. The fourth-order valence-corrected chi connectivity index (χ4v) is 5.39. The summed E-state index contributed by atoms with van der Waals surface area (Å²) in [4.78, 5) is 18.4. The fourth-order valence-electron chi connectivity index (χ4n) is 5.39. The van der Waals surface area contributed by atoms with Crippen LogP contribution in [0, 0.1) is 5.92 Å². The minimum absolute atomic E-state index is 0.0124. The quantitative estimate of drug-likeness (QED) is 0.478. The summed E-state index contributed by atoms with van der Waals surface area (Å²) in [5.41, 5.74) is 0.484. The number of alkyl halides is 3. The van der Waals surface area contributed by atoms with Crippen LogP contribution in [-0.4, -0.2) is 51.9 Å². The molecule has 0 bridgehead atoms. The van der Waals surface area contributed by atoms with E-state index >= 15 is 0 Å². The van der Waals surface area contributed by atoms with Crippen LogP contribution in [0.3, 0.4) is 0 Å². The van der Waals surface area contributed by atoms with Crippen LogP contribution < -0.4 is 5.32 Å². The van der Waals surface area contributed by atoms with Gasteiger partial charge in [0, 0.05) is 42.9 Å². The Morgan fingerprint density at radius 3 is 2.71 bits per heavy atom. The van der Waals surface area contributed by atoms with Gasteiger partial charge in [-0.15, -0.1) is 0 Å². The first kappa shape index (κ1) is 26.9. The first-order valence-corrected chi connectivity index (χ1v) is 12.6. The normalized spacial score (nSPS) is 25.1. The lowest BCUT2D eigenvalue weighted by Crippen LogP contribution is -2.50. The average Bonchev–Trinajstić information content (AvgIpc) is 3.26. The van der Waals surface area contributed by atoms with Crippen molar-refractivity contribution >= 4 is 5.97 Å². The molecule has 5 atom stereocenters. The highest BCUT2D eigenvalue weighted by Gasteiger charge is 2.40. The van der Waals surface area contributed by atoms with E-state index in [1.165, 1.54) is 6.07 Å². The summed E-state index contributed by atoms with van der Waals surface area (Å²) in [5, 5.41) is 14.8. The van der Waals surface area contributed by atoms with Gasteiger partial charge in [-0.2, -0.15) is 13.2 Å². The number of nitrogens with zero attached hydrogens (tertiary/aromatic N) is 2. The molecular weight excluding hydrogens is 447 g/mol. The fraction of sp³-hybridized carbons (Fsp3) is 0.760. The number of fused-ring (bicyclic) bond motifs is 1. The molecule has 0 radical (unpaired) electrons.